The van der Waals surface area contributed by atoms with E-state index in [1.807, 2.05) is 6.92 Å². The van der Waals surface area contributed by atoms with Gasteiger partial charge in [0.15, 0.2) is 11.5 Å². The summed E-state index contributed by atoms with van der Waals surface area (Å²) in [4.78, 5) is 39.0. The molecular formula is C22H23BrN2O5. The highest BCUT2D eigenvalue weighted by Crippen LogP contribution is 2.38. The molecule has 0 spiro atoms. The van der Waals surface area contributed by atoms with Crippen LogP contribution < -0.4 is 14.8 Å². The third-order valence-electron chi connectivity index (χ3n) is 5.02. The molecule has 7 nitrogen and oxygen atoms in total. The molecule has 1 aromatic rings. The first-order valence-corrected chi connectivity index (χ1v) is 10.7. The van der Waals surface area contributed by atoms with E-state index in [2.05, 4.69) is 27.2 Å². The van der Waals surface area contributed by atoms with Crippen molar-refractivity contribution < 1.29 is 23.9 Å². The van der Waals surface area contributed by atoms with E-state index < -0.39 is 17.8 Å². The van der Waals surface area contributed by atoms with Crippen LogP contribution in [0.3, 0.4) is 0 Å². The van der Waals surface area contributed by atoms with E-state index in [1.165, 1.54) is 11.0 Å². The largest absolute Gasteiger partial charge is 0.490 e. The average Bonchev–Trinajstić information content (AvgIpc) is 2.71. The van der Waals surface area contributed by atoms with Crippen molar-refractivity contribution in [3.05, 3.63) is 27.7 Å². The molecule has 0 radical (unpaired) electrons. The summed E-state index contributed by atoms with van der Waals surface area (Å²) in [6.07, 6.45) is 11.2. The molecule has 2 fully saturated rings. The number of barbiturate groups is 1. The predicted octanol–water partition coefficient (Wildman–Crippen LogP) is 3.65. The number of hydrogen-bond donors (Lipinski definition) is 1. The molecule has 1 aliphatic heterocycles. The molecule has 1 N–H and O–H groups in total. The van der Waals surface area contributed by atoms with Crippen LogP contribution in [0.5, 0.6) is 11.5 Å². The van der Waals surface area contributed by atoms with Gasteiger partial charge in [0.05, 0.1) is 11.1 Å². The number of halogens is 1. The Balaban J connectivity index is 1.95. The zero-order chi connectivity index (χ0) is 21.7. The van der Waals surface area contributed by atoms with Crippen LogP contribution in [0.2, 0.25) is 0 Å². The van der Waals surface area contributed by atoms with Gasteiger partial charge < -0.3 is 9.47 Å². The fourth-order valence-corrected chi connectivity index (χ4v) is 4.27. The van der Waals surface area contributed by atoms with Crippen LogP contribution in [0, 0.1) is 12.3 Å². The number of imide groups is 2. The summed E-state index contributed by atoms with van der Waals surface area (Å²) in [5.41, 5.74) is 0.460. The van der Waals surface area contributed by atoms with Gasteiger partial charge in [-0.3, -0.25) is 19.8 Å². The third kappa shape index (κ3) is 4.68. The summed E-state index contributed by atoms with van der Waals surface area (Å²) in [7, 11) is 0. The molecule has 1 aromatic carbocycles. The molecule has 1 saturated carbocycles. The van der Waals surface area contributed by atoms with E-state index >= 15 is 0 Å². The molecule has 1 saturated heterocycles. The number of nitrogens with one attached hydrogen (secondary N) is 1. The zero-order valence-corrected chi connectivity index (χ0v) is 18.3. The molecule has 1 heterocycles. The van der Waals surface area contributed by atoms with Gasteiger partial charge in [-0.05, 0) is 59.5 Å². The Morgan fingerprint density at radius 2 is 1.97 bits per heavy atom. The standard InChI is InChI=1S/C22H23BrN2O5/c1-3-10-30-19-17(23)12-14(13-18(19)29-4-2)11-16-20(26)24-22(28)25(21(16)27)15-8-6-5-7-9-15/h1,11-13,15H,4-10H2,2H3,(H,24,26,28). The molecular weight excluding hydrogens is 452 g/mol. The van der Waals surface area contributed by atoms with Crippen molar-refractivity contribution in [2.75, 3.05) is 13.2 Å². The molecule has 3 rings (SSSR count). The third-order valence-corrected chi connectivity index (χ3v) is 5.60. The Kier molecular flexibility index (Phi) is 7.16. The second-order valence-corrected chi connectivity index (χ2v) is 7.89. The summed E-state index contributed by atoms with van der Waals surface area (Å²) < 4.78 is 11.7. The van der Waals surface area contributed by atoms with E-state index in [0.29, 0.717) is 28.1 Å². The van der Waals surface area contributed by atoms with E-state index in [9.17, 15) is 14.4 Å². The number of benzene rings is 1. The second-order valence-electron chi connectivity index (χ2n) is 7.04. The molecule has 8 heteroatoms. The van der Waals surface area contributed by atoms with E-state index in [1.54, 1.807) is 12.1 Å². The SMILES string of the molecule is C#CCOc1c(Br)cc(C=C2C(=O)NC(=O)N(C3CCCCC3)C2=O)cc1OCC. The van der Waals surface area contributed by atoms with Crippen molar-refractivity contribution in [1.29, 1.82) is 0 Å². The molecule has 0 unspecified atom stereocenters. The second kappa shape index (κ2) is 9.81. The summed E-state index contributed by atoms with van der Waals surface area (Å²) in [6, 6.07) is 2.52. The molecule has 30 heavy (non-hydrogen) atoms. The molecule has 1 aliphatic carbocycles. The van der Waals surface area contributed by atoms with Crippen LogP contribution in [0.1, 0.15) is 44.6 Å². The van der Waals surface area contributed by atoms with Crippen molar-refractivity contribution in [2.45, 2.75) is 45.1 Å². The first-order chi connectivity index (χ1) is 14.5. The maximum absolute atomic E-state index is 13.0. The lowest BCUT2D eigenvalue weighted by Crippen LogP contribution is -2.58. The Morgan fingerprint density at radius 3 is 2.63 bits per heavy atom. The fraction of sp³-hybridized carbons (Fsp3) is 0.409. The minimum Gasteiger partial charge on any atom is -0.490 e. The lowest BCUT2D eigenvalue weighted by molar-refractivity contribution is -0.132. The number of ether oxygens (including phenoxy) is 2. The van der Waals surface area contributed by atoms with Gasteiger partial charge in [0.2, 0.25) is 0 Å². The number of hydrogen-bond acceptors (Lipinski definition) is 5. The van der Waals surface area contributed by atoms with Gasteiger partial charge >= 0.3 is 6.03 Å². The van der Waals surface area contributed by atoms with Gasteiger partial charge in [0.25, 0.3) is 11.8 Å². The summed E-state index contributed by atoms with van der Waals surface area (Å²) in [5.74, 6) is 1.99. The Bertz CT molecular complexity index is 928. The highest BCUT2D eigenvalue weighted by atomic mass is 79.9. The number of rotatable bonds is 6. The van der Waals surface area contributed by atoms with Gasteiger partial charge in [-0.2, -0.15) is 0 Å². The zero-order valence-electron chi connectivity index (χ0n) is 16.7. The van der Waals surface area contributed by atoms with Crippen LogP contribution in [0.4, 0.5) is 4.79 Å². The molecule has 158 valence electrons. The van der Waals surface area contributed by atoms with Crippen LogP contribution in [-0.2, 0) is 9.59 Å². The van der Waals surface area contributed by atoms with Crippen molar-refractivity contribution >= 4 is 39.9 Å². The van der Waals surface area contributed by atoms with Crippen LogP contribution in [-0.4, -0.2) is 42.0 Å². The van der Waals surface area contributed by atoms with Crippen molar-refractivity contribution in [2.24, 2.45) is 0 Å². The van der Waals surface area contributed by atoms with E-state index in [4.69, 9.17) is 15.9 Å². The lowest BCUT2D eigenvalue weighted by atomic mass is 9.93. The average molecular weight is 475 g/mol. The Hall–Kier alpha value is -2.79. The molecule has 2 aliphatic rings. The number of carbonyl (C=O) groups excluding carboxylic acids is 3. The number of amides is 4. The number of nitrogens with zero attached hydrogens (tertiary/aromatic N) is 1. The topological polar surface area (TPSA) is 84.9 Å². The van der Waals surface area contributed by atoms with Gasteiger partial charge in [-0.25, -0.2) is 4.79 Å². The molecule has 0 aromatic heterocycles. The number of carbonyl (C=O) groups is 3. The number of terminal acetylenes is 1. The first-order valence-electron chi connectivity index (χ1n) is 9.89. The maximum Gasteiger partial charge on any atom is 0.331 e. The summed E-state index contributed by atoms with van der Waals surface area (Å²) in [6.45, 7) is 2.29. The molecule has 0 bridgehead atoms. The summed E-state index contributed by atoms with van der Waals surface area (Å²) in [5, 5.41) is 2.29. The van der Waals surface area contributed by atoms with Gasteiger partial charge in [0.1, 0.15) is 12.2 Å². The predicted molar refractivity (Wildman–Crippen MR) is 115 cm³/mol. The fourth-order valence-electron chi connectivity index (χ4n) is 3.70. The van der Waals surface area contributed by atoms with Gasteiger partial charge in [-0.15, -0.1) is 6.42 Å². The monoisotopic (exact) mass is 474 g/mol. The first kappa shape index (κ1) is 21.9. The molecule has 0 atom stereocenters. The van der Waals surface area contributed by atoms with Crippen LogP contribution in [0.25, 0.3) is 6.08 Å². The highest BCUT2D eigenvalue weighted by molar-refractivity contribution is 9.10. The van der Waals surface area contributed by atoms with Crippen LogP contribution in [0.15, 0.2) is 22.2 Å². The van der Waals surface area contributed by atoms with Crippen LogP contribution >= 0.6 is 15.9 Å². The lowest BCUT2D eigenvalue weighted by Gasteiger charge is -2.35. The minimum absolute atomic E-state index is 0.0679. The van der Waals surface area contributed by atoms with Gasteiger partial charge in [-0.1, -0.05) is 25.2 Å². The highest BCUT2D eigenvalue weighted by Gasteiger charge is 2.40. The normalized spacial score (nSPS) is 18.9. The quantitative estimate of drug-likeness (QED) is 0.386. The Morgan fingerprint density at radius 1 is 1.23 bits per heavy atom. The smallest absolute Gasteiger partial charge is 0.331 e. The maximum atomic E-state index is 13.0. The number of urea groups is 1. The Labute approximate surface area is 183 Å². The van der Waals surface area contributed by atoms with Crippen molar-refractivity contribution in [3.8, 4) is 23.8 Å². The van der Waals surface area contributed by atoms with Crippen molar-refractivity contribution in [1.82, 2.24) is 10.2 Å². The molecule has 4 amide bonds. The summed E-state index contributed by atoms with van der Waals surface area (Å²) >= 11 is 3.42. The van der Waals surface area contributed by atoms with E-state index in [-0.39, 0.29) is 18.2 Å². The van der Waals surface area contributed by atoms with Gasteiger partial charge in [0, 0.05) is 6.04 Å². The minimum atomic E-state index is -0.709. The van der Waals surface area contributed by atoms with Crippen molar-refractivity contribution in [3.63, 3.8) is 0 Å². The van der Waals surface area contributed by atoms with E-state index in [0.717, 1.165) is 32.1 Å².